The number of nitrogens with one attached hydrogen (secondary N) is 1. The third-order valence-electron chi connectivity index (χ3n) is 3.10. The Labute approximate surface area is 109 Å². The van der Waals surface area contributed by atoms with Gasteiger partial charge in [-0.05, 0) is 37.8 Å². The van der Waals surface area contributed by atoms with Gasteiger partial charge in [-0.3, -0.25) is 4.79 Å². The highest BCUT2D eigenvalue weighted by Gasteiger charge is 2.10. The fraction of sp³-hybridized carbons (Fsp3) is 0.533. The van der Waals surface area contributed by atoms with E-state index in [9.17, 15) is 4.79 Å². The fourth-order valence-electron chi connectivity index (χ4n) is 1.98. The molecule has 0 fully saturated rings. The molecule has 0 aliphatic rings. The lowest BCUT2D eigenvalue weighted by Crippen LogP contribution is -2.29. The van der Waals surface area contributed by atoms with Gasteiger partial charge in [-0.15, -0.1) is 0 Å². The molecule has 1 atom stereocenters. The largest absolute Gasteiger partial charge is 0.396 e. The SMILES string of the molecule is CCCC(CCO)CNC(=O)c1ccc(C)cc1. The van der Waals surface area contributed by atoms with E-state index in [4.69, 9.17) is 5.11 Å². The Hall–Kier alpha value is -1.35. The maximum atomic E-state index is 11.9. The highest BCUT2D eigenvalue weighted by Crippen LogP contribution is 2.10. The summed E-state index contributed by atoms with van der Waals surface area (Å²) in [5, 5.41) is 11.9. The van der Waals surface area contributed by atoms with Crippen molar-refractivity contribution < 1.29 is 9.90 Å². The predicted molar refractivity (Wildman–Crippen MR) is 73.6 cm³/mol. The van der Waals surface area contributed by atoms with Crippen molar-refractivity contribution in [3.8, 4) is 0 Å². The monoisotopic (exact) mass is 249 g/mol. The van der Waals surface area contributed by atoms with Crippen LogP contribution in [0.2, 0.25) is 0 Å². The number of hydrogen-bond donors (Lipinski definition) is 2. The number of carbonyl (C=O) groups is 1. The summed E-state index contributed by atoms with van der Waals surface area (Å²) in [5.41, 5.74) is 1.84. The molecule has 0 aliphatic heterocycles. The molecule has 18 heavy (non-hydrogen) atoms. The van der Waals surface area contributed by atoms with Crippen LogP contribution in [0.5, 0.6) is 0 Å². The third kappa shape index (κ3) is 4.88. The lowest BCUT2D eigenvalue weighted by atomic mass is 10.00. The second-order valence-electron chi connectivity index (χ2n) is 4.74. The van der Waals surface area contributed by atoms with Crippen LogP contribution in [0.15, 0.2) is 24.3 Å². The maximum Gasteiger partial charge on any atom is 0.251 e. The molecule has 0 saturated carbocycles. The van der Waals surface area contributed by atoms with E-state index in [0.717, 1.165) is 24.8 Å². The summed E-state index contributed by atoms with van der Waals surface area (Å²) in [6, 6.07) is 7.55. The van der Waals surface area contributed by atoms with Crippen molar-refractivity contribution in [1.82, 2.24) is 5.32 Å². The molecule has 0 saturated heterocycles. The first kappa shape index (κ1) is 14.7. The van der Waals surface area contributed by atoms with Gasteiger partial charge in [0.05, 0.1) is 0 Å². The number of aliphatic hydroxyl groups is 1. The zero-order valence-electron chi connectivity index (χ0n) is 11.3. The topological polar surface area (TPSA) is 49.3 Å². The van der Waals surface area contributed by atoms with E-state index < -0.39 is 0 Å². The quantitative estimate of drug-likeness (QED) is 0.780. The predicted octanol–water partition coefficient (Wildman–Crippen LogP) is 2.52. The number of aryl methyl sites for hydroxylation is 1. The van der Waals surface area contributed by atoms with E-state index in [0.29, 0.717) is 18.0 Å². The molecule has 0 aliphatic carbocycles. The Kier molecular flexibility index (Phi) is 6.44. The van der Waals surface area contributed by atoms with Crippen molar-refractivity contribution in [2.24, 2.45) is 5.92 Å². The summed E-state index contributed by atoms with van der Waals surface area (Å²) in [6.07, 6.45) is 2.86. The van der Waals surface area contributed by atoms with Gasteiger partial charge in [0.2, 0.25) is 0 Å². The van der Waals surface area contributed by atoms with Crippen molar-refractivity contribution in [1.29, 1.82) is 0 Å². The second-order valence-corrected chi connectivity index (χ2v) is 4.74. The number of rotatable bonds is 7. The van der Waals surface area contributed by atoms with Gasteiger partial charge in [-0.25, -0.2) is 0 Å². The number of aliphatic hydroxyl groups excluding tert-OH is 1. The van der Waals surface area contributed by atoms with Crippen molar-refractivity contribution >= 4 is 5.91 Å². The number of hydrogen-bond acceptors (Lipinski definition) is 2. The molecule has 0 bridgehead atoms. The van der Waals surface area contributed by atoms with E-state index in [1.54, 1.807) is 0 Å². The summed E-state index contributed by atoms with van der Waals surface area (Å²) in [6.45, 7) is 4.94. The molecule has 1 rings (SSSR count). The zero-order chi connectivity index (χ0) is 13.4. The van der Waals surface area contributed by atoms with Crippen molar-refractivity contribution in [3.05, 3.63) is 35.4 Å². The average molecular weight is 249 g/mol. The van der Waals surface area contributed by atoms with Gasteiger partial charge in [0.1, 0.15) is 0 Å². The molecule has 100 valence electrons. The van der Waals surface area contributed by atoms with Gasteiger partial charge < -0.3 is 10.4 Å². The van der Waals surface area contributed by atoms with Crippen LogP contribution < -0.4 is 5.32 Å². The molecule has 3 nitrogen and oxygen atoms in total. The van der Waals surface area contributed by atoms with Crippen LogP contribution in [0.4, 0.5) is 0 Å². The number of benzene rings is 1. The molecule has 0 spiro atoms. The van der Waals surface area contributed by atoms with Crippen LogP contribution in [-0.4, -0.2) is 24.2 Å². The van der Waals surface area contributed by atoms with Gasteiger partial charge in [-0.1, -0.05) is 31.0 Å². The highest BCUT2D eigenvalue weighted by molar-refractivity contribution is 5.94. The Morgan fingerprint density at radius 3 is 2.50 bits per heavy atom. The first-order chi connectivity index (χ1) is 8.67. The number of amides is 1. The molecule has 1 aromatic rings. The lowest BCUT2D eigenvalue weighted by Gasteiger charge is -2.15. The van der Waals surface area contributed by atoms with Gasteiger partial charge in [0.15, 0.2) is 0 Å². The number of carbonyl (C=O) groups excluding carboxylic acids is 1. The third-order valence-corrected chi connectivity index (χ3v) is 3.10. The molecule has 1 aromatic carbocycles. The summed E-state index contributed by atoms with van der Waals surface area (Å²) in [5.74, 6) is 0.337. The van der Waals surface area contributed by atoms with E-state index in [1.165, 1.54) is 0 Å². The van der Waals surface area contributed by atoms with E-state index in [2.05, 4.69) is 12.2 Å². The minimum Gasteiger partial charge on any atom is -0.396 e. The highest BCUT2D eigenvalue weighted by atomic mass is 16.3. The lowest BCUT2D eigenvalue weighted by molar-refractivity contribution is 0.0943. The minimum absolute atomic E-state index is 0.0333. The summed E-state index contributed by atoms with van der Waals surface area (Å²) >= 11 is 0. The van der Waals surface area contributed by atoms with Crippen molar-refractivity contribution in [2.75, 3.05) is 13.2 Å². The fourth-order valence-corrected chi connectivity index (χ4v) is 1.98. The van der Waals surface area contributed by atoms with E-state index in [1.807, 2.05) is 31.2 Å². The van der Waals surface area contributed by atoms with Crippen LogP contribution in [-0.2, 0) is 0 Å². The summed E-state index contributed by atoms with van der Waals surface area (Å²) < 4.78 is 0. The Balaban J connectivity index is 2.46. The Bertz CT molecular complexity index is 353. The zero-order valence-corrected chi connectivity index (χ0v) is 11.3. The molecule has 2 N–H and O–H groups in total. The minimum atomic E-state index is -0.0333. The molecular weight excluding hydrogens is 226 g/mol. The molecule has 3 heteroatoms. The first-order valence-corrected chi connectivity index (χ1v) is 6.63. The Morgan fingerprint density at radius 1 is 1.28 bits per heavy atom. The standard InChI is InChI=1S/C15H23NO2/c1-3-4-13(9-10-17)11-16-15(18)14-7-5-12(2)6-8-14/h5-8,13,17H,3-4,9-11H2,1-2H3,(H,16,18). The van der Waals surface area contributed by atoms with Gasteiger partial charge in [0.25, 0.3) is 5.91 Å². The molecule has 1 amide bonds. The first-order valence-electron chi connectivity index (χ1n) is 6.63. The van der Waals surface area contributed by atoms with Crippen LogP contribution in [0.3, 0.4) is 0 Å². The van der Waals surface area contributed by atoms with Crippen LogP contribution in [0.1, 0.15) is 42.1 Å². The molecule has 0 radical (unpaired) electrons. The van der Waals surface area contributed by atoms with Gasteiger partial charge in [-0.2, -0.15) is 0 Å². The van der Waals surface area contributed by atoms with E-state index >= 15 is 0 Å². The van der Waals surface area contributed by atoms with Crippen molar-refractivity contribution in [3.63, 3.8) is 0 Å². The average Bonchev–Trinajstić information content (AvgIpc) is 2.37. The van der Waals surface area contributed by atoms with Crippen LogP contribution in [0, 0.1) is 12.8 Å². The van der Waals surface area contributed by atoms with Crippen molar-refractivity contribution in [2.45, 2.75) is 33.1 Å². The molecule has 0 aromatic heterocycles. The van der Waals surface area contributed by atoms with E-state index in [-0.39, 0.29) is 12.5 Å². The molecule has 0 heterocycles. The molecular formula is C15H23NO2. The normalized spacial score (nSPS) is 12.2. The van der Waals surface area contributed by atoms with Gasteiger partial charge >= 0.3 is 0 Å². The summed E-state index contributed by atoms with van der Waals surface area (Å²) in [4.78, 5) is 11.9. The maximum absolute atomic E-state index is 11.9. The van der Waals surface area contributed by atoms with Gasteiger partial charge in [0, 0.05) is 18.7 Å². The van der Waals surface area contributed by atoms with Crippen LogP contribution in [0.25, 0.3) is 0 Å². The second kappa shape index (κ2) is 7.88. The Morgan fingerprint density at radius 2 is 1.94 bits per heavy atom. The van der Waals surface area contributed by atoms with Crippen LogP contribution >= 0.6 is 0 Å². The molecule has 1 unspecified atom stereocenters. The smallest absolute Gasteiger partial charge is 0.251 e. The summed E-state index contributed by atoms with van der Waals surface area (Å²) in [7, 11) is 0.